The third kappa shape index (κ3) is 2.54. The summed E-state index contributed by atoms with van der Waals surface area (Å²) in [6.07, 6.45) is 3.62. The summed E-state index contributed by atoms with van der Waals surface area (Å²) in [5.74, 6) is -1.84. The van der Waals surface area contributed by atoms with Crippen molar-refractivity contribution in [3.05, 3.63) is 0 Å². The zero-order valence-electron chi connectivity index (χ0n) is 12.4. The first-order valence-corrected chi connectivity index (χ1v) is 10.4. The lowest BCUT2D eigenvalue weighted by molar-refractivity contribution is 0.222. The summed E-state index contributed by atoms with van der Waals surface area (Å²) >= 11 is 0. The van der Waals surface area contributed by atoms with Crippen LogP contribution in [0.2, 0.25) is 0 Å². The van der Waals surface area contributed by atoms with E-state index in [1.807, 2.05) is 0 Å². The molecule has 2 saturated carbocycles. The van der Waals surface area contributed by atoms with Crippen molar-refractivity contribution in [2.45, 2.75) is 56.5 Å². The lowest BCUT2D eigenvalue weighted by Crippen LogP contribution is -2.58. The van der Waals surface area contributed by atoms with Crippen molar-refractivity contribution in [1.82, 2.24) is 0 Å². The van der Waals surface area contributed by atoms with Gasteiger partial charge in [-0.15, -0.1) is 0 Å². The van der Waals surface area contributed by atoms with E-state index >= 15 is 0 Å². The zero-order chi connectivity index (χ0) is 16.1. The van der Waals surface area contributed by atoms with Gasteiger partial charge in [0.1, 0.15) is 0 Å². The van der Waals surface area contributed by atoms with Gasteiger partial charge in [0.25, 0.3) is 20.2 Å². The quantitative estimate of drug-likeness (QED) is 0.760. The highest BCUT2D eigenvalue weighted by atomic mass is 32.3. The third-order valence-corrected chi connectivity index (χ3v) is 9.65. The highest BCUT2D eigenvalue weighted by Crippen LogP contribution is 2.54. The summed E-state index contributed by atoms with van der Waals surface area (Å²) in [4.78, 5) is 0. The average Bonchev–Trinajstić information content (AvgIpc) is 2.87. The molecule has 2 N–H and O–H groups in total. The molecule has 21 heavy (non-hydrogen) atoms. The van der Waals surface area contributed by atoms with Crippen molar-refractivity contribution in [2.75, 3.05) is 0 Å². The molecule has 8 heteroatoms. The Bertz CT molecular complexity index is 540. The second-order valence-electron chi connectivity index (χ2n) is 6.70. The van der Waals surface area contributed by atoms with E-state index in [1.165, 1.54) is 0 Å². The van der Waals surface area contributed by atoms with E-state index in [2.05, 4.69) is 0 Å². The van der Waals surface area contributed by atoms with Crippen LogP contribution < -0.4 is 0 Å². The fourth-order valence-corrected chi connectivity index (χ4v) is 8.66. The van der Waals surface area contributed by atoms with Crippen molar-refractivity contribution in [2.24, 2.45) is 23.7 Å². The Morgan fingerprint density at radius 3 is 1.29 bits per heavy atom. The van der Waals surface area contributed by atoms with Gasteiger partial charge in [-0.3, -0.25) is 9.11 Å². The predicted molar refractivity (Wildman–Crippen MR) is 78.8 cm³/mol. The van der Waals surface area contributed by atoms with Crippen LogP contribution in [0.4, 0.5) is 0 Å². The van der Waals surface area contributed by atoms with Gasteiger partial charge in [0.15, 0.2) is 0 Å². The summed E-state index contributed by atoms with van der Waals surface area (Å²) in [7, 11) is -9.91. The molecule has 4 atom stereocenters. The van der Waals surface area contributed by atoms with Gasteiger partial charge in [0, 0.05) is 11.8 Å². The molecule has 2 rings (SSSR count). The Morgan fingerprint density at radius 1 is 0.762 bits per heavy atom. The summed E-state index contributed by atoms with van der Waals surface area (Å²) in [6, 6.07) is 0. The average molecular weight is 340 g/mol. The molecule has 0 spiro atoms. The van der Waals surface area contributed by atoms with Crippen molar-refractivity contribution < 1.29 is 25.9 Å². The van der Waals surface area contributed by atoms with E-state index in [9.17, 15) is 25.9 Å². The minimum absolute atomic E-state index is 0.165. The Labute approximate surface area is 126 Å². The molecule has 0 aromatic rings. The molecule has 0 aromatic carbocycles. The molecular formula is C13H24O6S2. The van der Waals surface area contributed by atoms with Crippen LogP contribution in [0, 0.1) is 23.7 Å². The first-order chi connectivity index (χ1) is 9.53. The standard InChI is InChI=1S/C13H24O6S2/c1-9-5-3-7-11(9)13(20(14,15)16,21(17,18)19)12-8-4-6-10(12)2/h9-12H,3-8H2,1-2H3,(H,14,15,16)(H,17,18,19). The normalized spacial score (nSPS) is 35.2. The molecule has 2 aliphatic carbocycles. The SMILES string of the molecule is CC1CCCC1C(C1CCCC1C)(S(=O)(=O)O)S(=O)(=O)O. The van der Waals surface area contributed by atoms with Gasteiger partial charge in [0.2, 0.25) is 4.08 Å². The van der Waals surface area contributed by atoms with Crippen molar-refractivity contribution in [3.8, 4) is 0 Å². The van der Waals surface area contributed by atoms with Gasteiger partial charge in [-0.25, -0.2) is 0 Å². The van der Waals surface area contributed by atoms with E-state index < -0.39 is 36.2 Å². The van der Waals surface area contributed by atoms with E-state index in [-0.39, 0.29) is 11.8 Å². The molecule has 0 aliphatic heterocycles. The topological polar surface area (TPSA) is 109 Å². The van der Waals surface area contributed by atoms with Gasteiger partial charge >= 0.3 is 0 Å². The number of rotatable bonds is 4. The highest BCUT2D eigenvalue weighted by Gasteiger charge is 2.67. The van der Waals surface area contributed by atoms with Crippen LogP contribution in [0.3, 0.4) is 0 Å². The first-order valence-electron chi connectivity index (χ1n) is 7.47. The maximum Gasteiger partial charge on any atom is 0.288 e. The molecule has 4 unspecified atom stereocenters. The van der Waals surface area contributed by atoms with Crippen LogP contribution in [0.25, 0.3) is 0 Å². The van der Waals surface area contributed by atoms with Gasteiger partial charge in [0.05, 0.1) is 0 Å². The van der Waals surface area contributed by atoms with E-state index in [1.54, 1.807) is 13.8 Å². The molecule has 0 aromatic heterocycles. The molecule has 0 heterocycles. The molecule has 6 nitrogen and oxygen atoms in total. The zero-order valence-corrected chi connectivity index (χ0v) is 14.0. The lowest BCUT2D eigenvalue weighted by atomic mass is 9.82. The largest absolute Gasteiger partial charge is 0.288 e. The summed E-state index contributed by atoms with van der Waals surface area (Å²) in [5, 5.41) is 0. The summed E-state index contributed by atoms with van der Waals surface area (Å²) < 4.78 is 66.0. The van der Waals surface area contributed by atoms with Crippen LogP contribution in [0.5, 0.6) is 0 Å². The molecule has 0 radical (unpaired) electrons. The molecular weight excluding hydrogens is 316 g/mol. The first kappa shape index (κ1) is 17.2. The third-order valence-electron chi connectivity index (χ3n) is 5.56. The minimum Gasteiger partial charge on any atom is -0.284 e. The van der Waals surface area contributed by atoms with Crippen molar-refractivity contribution >= 4 is 20.2 Å². The Morgan fingerprint density at radius 2 is 1.10 bits per heavy atom. The Kier molecular flexibility index (Phi) is 4.48. The molecule has 0 amide bonds. The van der Waals surface area contributed by atoms with Crippen LogP contribution in [0.1, 0.15) is 52.4 Å². The van der Waals surface area contributed by atoms with Gasteiger partial charge in [-0.05, 0) is 24.7 Å². The van der Waals surface area contributed by atoms with Crippen LogP contribution in [-0.2, 0) is 20.2 Å². The van der Waals surface area contributed by atoms with Gasteiger partial charge < -0.3 is 0 Å². The smallest absolute Gasteiger partial charge is 0.284 e. The van der Waals surface area contributed by atoms with Crippen LogP contribution >= 0.6 is 0 Å². The van der Waals surface area contributed by atoms with Crippen LogP contribution in [-0.4, -0.2) is 30.0 Å². The predicted octanol–water partition coefficient (Wildman–Crippen LogP) is 2.33. The van der Waals surface area contributed by atoms with Gasteiger partial charge in [-0.1, -0.05) is 39.5 Å². The molecule has 2 fully saturated rings. The molecule has 2 aliphatic rings. The summed E-state index contributed by atoms with van der Waals surface area (Å²) in [5.41, 5.74) is 0. The maximum atomic E-state index is 12.2. The second-order valence-corrected chi connectivity index (χ2v) is 10.2. The fraction of sp³-hybridized carbons (Fsp3) is 1.00. The highest BCUT2D eigenvalue weighted by molar-refractivity contribution is 8.05. The monoisotopic (exact) mass is 340 g/mol. The molecule has 124 valence electrons. The fourth-order valence-electron chi connectivity index (χ4n) is 4.66. The minimum atomic E-state index is -4.95. The van der Waals surface area contributed by atoms with Crippen molar-refractivity contribution in [1.29, 1.82) is 0 Å². The maximum absolute atomic E-state index is 12.2. The Hall–Kier alpha value is -0.180. The van der Waals surface area contributed by atoms with Crippen LogP contribution in [0.15, 0.2) is 0 Å². The van der Waals surface area contributed by atoms with Gasteiger partial charge in [-0.2, -0.15) is 16.8 Å². The molecule has 0 saturated heterocycles. The van der Waals surface area contributed by atoms with E-state index in [0.717, 1.165) is 0 Å². The number of hydrogen-bond acceptors (Lipinski definition) is 4. The van der Waals surface area contributed by atoms with E-state index in [0.29, 0.717) is 38.5 Å². The number of hydrogen-bond donors (Lipinski definition) is 2. The second kappa shape index (κ2) is 5.47. The lowest BCUT2D eigenvalue weighted by Gasteiger charge is -2.41. The summed E-state index contributed by atoms with van der Waals surface area (Å²) in [6.45, 7) is 3.59. The Balaban J connectivity index is 2.72. The van der Waals surface area contributed by atoms with Crippen molar-refractivity contribution in [3.63, 3.8) is 0 Å². The molecule has 0 bridgehead atoms. The van der Waals surface area contributed by atoms with E-state index in [4.69, 9.17) is 0 Å².